The highest BCUT2D eigenvalue weighted by Crippen LogP contribution is 2.30. The van der Waals surface area contributed by atoms with E-state index in [0.717, 1.165) is 21.4 Å². The van der Waals surface area contributed by atoms with Crippen LogP contribution >= 0.6 is 15.9 Å². The van der Waals surface area contributed by atoms with Crippen LogP contribution in [0.3, 0.4) is 0 Å². The summed E-state index contributed by atoms with van der Waals surface area (Å²) in [6.45, 7) is 7.10. The molecule has 0 unspecified atom stereocenters. The third-order valence-corrected chi connectivity index (χ3v) is 5.54. The highest BCUT2D eigenvalue weighted by atomic mass is 79.9. The van der Waals surface area contributed by atoms with E-state index in [2.05, 4.69) is 36.7 Å². The van der Waals surface area contributed by atoms with E-state index in [0.29, 0.717) is 33.8 Å². The summed E-state index contributed by atoms with van der Waals surface area (Å²) < 4.78 is 11.8. The molecule has 3 heterocycles. The molecule has 0 radical (unpaired) electrons. The molecule has 1 aromatic carbocycles. The largest absolute Gasteiger partial charge is 0.466 e. The fraction of sp³-hybridized carbons (Fsp3) is 0.217. The second kappa shape index (κ2) is 8.58. The van der Waals surface area contributed by atoms with Crippen LogP contribution in [0.2, 0.25) is 0 Å². The summed E-state index contributed by atoms with van der Waals surface area (Å²) in [7, 11) is 0. The minimum atomic E-state index is -0.425. The van der Waals surface area contributed by atoms with Gasteiger partial charge in [0.1, 0.15) is 11.5 Å². The van der Waals surface area contributed by atoms with Crippen LogP contribution in [0.25, 0.3) is 22.4 Å². The number of aryl methyl sites for hydroxylation is 4. The number of hydrogen-bond acceptors (Lipinski definition) is 6. The number of carbonyl (C=O) groups is 2. The first kappa shape index (κ1) is 21.8. The average molecular weight is 497 g/mol. The second-order valence-corrected chi connectivity index (χ2v) is 8.44. The number of furan rings is 1. The molecule has 8 nitrogen and oxygen atoms in total. The van der Waals surface area contributed by atoms with E-state index in [1.807, 2.05) is 39.0 Å². The fourth-order valence-corrected chi connectivity index (χ4v) is 3.99. The molecule has 3 aromatic heterocycles. The molecule has 32 heavy (non-hydrogen) atoms. The summed E-state index contributed by atoms with van der Waals surface area (Å²) in [5.74, 6) is 0.656. The third kappa shape index (κ3) is 4.29. The maximum atomic E-state index is 13.0. The van der Waals surface area contributed by atoms with Crippen molar-refractivity contribution < 1.29 is 18.5 Å². The van der Waals surface area contributed by atoms with Crippen LogP contribution in [0.4, 0.5) is 5.69 Å². The van der Waals surface area contributed by atoms with Gasteiger partial charge in [0, 0.05) is 15.7 Å². The SMILES string of the molecule is Cc1cc(-c2cc(C(=O)NCC(=O)Nc3ccc(Br)cc3C)c3c(C)noc3n2)c(C)o1. The number of hydrogen-bond donors (Lipinski definition) is 2. The number of aromatic nitrogens is 2. The quantitative estimate of drug-likeness (QED) is 0.408. The molecule has 0 aliphatic carbocycles. The van der Waals surface area contributed by atoms with Crippen molar-refractivity contribution in [2.45, 2.75) is 27.7 Å². The van der Waals surface area contributed by atoms with Gasteiger partial charge in [0.15, 0.2) is 0 Å². The van der Waals surface area contributed by atoms with E-state index in [4.69, 9.17) is 8.94 Å². The van der Waals surface area contributed by atoms with Crippen LogP contribution < -0.4 is 10.6 Å². The Balaban J connectivity index is 1.58. The van der Waals surface area contributed by atoms with Gasteiger partial charge in [-0.25, -0.2) is 4.98 Å². The lowest BCUT2D eigenvalue weighted by atomic mass is 10.1. The molecule has 0 fully saturated rings. The lowest BCUT2D eigenvalue weighted by Crippen LogP contribution is -2.33. The summed E-state index contributed by atoms with van der Waals surface area (Å²) >= 11 is 3.40. The van der Waals surface area contributed by atoms with Crippen LogP contribution in [0.15, 0.2) is 43.7 Å². The van der Waals surface area contributed by atoms with Crippen LogP contribution in [0.1, 0.15) is 33.1 Å². The Labute approximate surface area is 192 Å². The molecule has 0 saturated heterocycles. The van der Waals surface area contributed by atoms with Gasteiger partial charge < -0.3 is 19.6 Å². The molecular formula is C23H21BrN4O4. The summed E-state index contributed by atoms with van der Waals surface area (Å²) in [4.78, 5) is 29.9. The minimum absolute atomic E-state index is 0.193. The lowest BCUT2D eigenvalue weighted by molar-refractivity contribution is -0.115. The predicted molar refractivity (Wildman–Crippen MR) is 124 cm³/mol. The Morgan fingerprint density at radius 2 is 1.88 bits per heavy atom. The number of pyridine rings is 1. The molecule has 2 amide bonds. The molecule has 0 bridgehead atoms. The van der Waals surface area contributed by atoms with Crippen molar-refractivity contribution in [3.8, 4) is 11.3 Å². The van der Waals surface area contributed by atoms with Crippen molar-refractivity contribution in [1.82, 2.24) is 15.5 Å². The van der Waals surface area contributed by atoms with Gasteiger partial charge in [-0.1, -0.05) is 21.1 Å². The molecule has 9 heteroatoms. The maximum Gasteiger partial charge on any atom is 0.259 e. The topological polar surface area (TPSA) is 110 Å². The smallest absolute Gasteiger partial charge is 0.259 e. The summed E-state index contributed by atoms with van der Waals surface area (Å²) in [5, 5.41) is 9.93. The maximum absolute atomic E-state index is 13.0. The van der Waals surface area contributed by atoms with Crippen LogP contribution in [-0.4, -0.2) is 28.5 Å². The van der Waals surface area contributed by atoms with Gasteiger partial charge in [-0.15, -0.1) is 0 Å². The monoisotopic (exact) mass is 496 g/mol. The van der Waals surface area contributed by atoms with Gasteiger partial charge in [-0.05, 0) is 63.6 Å². The number of rotatable bonds is 5. The zero-order valence-electron chi connectivity index (χ0n) is 18.0. The van der Waals surface area contributed by atoms with Gasteiger partial charge in [-0.2, -0.15) is 0 Å². The molecular weight excluding hydrogens is 476 g/mol. The average Bonchev–Trinajstić information content (AvgIpc) is 3.29. The zero-order valence-corrected chi connectivity index (χ0v) is 19.6. The Hall–Kier alpha value is -3.46. The Bertz CT molecular complexity index is 1360. The molecule has 164 valence electrons. The number of benzene rings is 1. The molecule has 0 saturated carbocycles. The lowest BCUT2D eigenvalue weighted by Gasteiger charge is -2.10. The van der Waals surface area contributed by atoms with Crippen LogP contribution in [-0.2, 0) is 4.79 Å². The Morgan fingerprint density at radius 1 is 1.09 bits per heavy atom. The van der Waals surface area contributed by atoms with Crippen LogP contribution in [0, 0.1) is 27.7 Å². The van der Waals surface area contributed by atoms with Gasteiger partial charge in [-0.3, -0.25) is 9.59 Å². The molecule has 0 aliphatic rings. The Kier molecular flexibility index (Phi) is 5.84. The molecule has 4 rings (SSSR count). The molecule has 0 spiro atoms. The van der Waals surface area contributed by atoms with Gasteiger partial charge in [0.2, 0.25) is 5.91 Å². The fourth-order valence-electron chi connectivity index (χ4n) is 3.51. The zero-order chi connectivity index (χ0) is 23.0. The van der Waals surface area contributed by atoms with E-state index >= 15 is 0 Å². The van der Waals surface area contributed by atoms with Gasteiger partial charge in [0.05, 0.1) is 28.9 Å². The second-order valence-electron chi connectivity index (χ2n) is 7.52. The van der Waals surface area contributed by atoms with Crippen molar-refractivity contribution in [2.75, 3.05) is 11.9 Å². The van der Waals surface area contributed by atoms with E-state index in [9.17, 15) is 9.59 Å². The van der Waals surface area contributed by atoms with Crippen molar-refractivity contribution in [1.29, 1.82) is 0 Å². The molecule has 0 aliphatic heterocycles. The Morgan fingerprint density at radius 3 is 2.56 bits per heavy atom. The third-order valence-electron chi connectivity index (χ3n) is 5.05. The van der Waals surface area contributed by atoms with E-state index in [1.54, 1.807) is 19.1 Å². The number of fused-ring (bicyclic) bond motifs is 1. The van der Waals surface area contributed by atoms with Crippen molar-refractivity contribution in [2.24, 2.45) is 0 Å². The van der Waals surface area contributed by atoms with Gasteiger partial charge in [0.25, 0.3) is 11.6 Å². The first-order chi connectivity index (χ1) is 15.2. The van der Waals surface area contributed by atoms with Crippen molar-refractivity contribution in [3.05, 3.63) is 63.1 Å². The number of anilines is 1. The van der Waals surface area contributed by atoms with E-state index < -0.39 is 5.91 Å². The van der Waals surface area contributed by atoms with Crippen molar-refractivity contribution in [3.63, 3.8) is 0 Å². The molecule has 0 atom stereocenters. The summed E-state index contributed by atoms with van der Waals surface area (Å²) in [6.07, 6.45) is 0. The standard InChI is InChI=1S/C23H21BrN4O4/c1-11-7-15(24)5-6-18(11)26-20(29)10-25-22(30)17-9-19(16-8-12(2)31-14(16)4)27-23-21(17)13(3)28-32-23/h5-9H,10H2,1-4H3,(H,25,30)(H,26,29). The molecule has 2 N–H and O–H groups in total. The molecule has 4 aromatic rings. The number of nitrogens with one attached hydrogen (secondary N) is 2. The summed E-state index contributed by atoms with van der Waals surface area (Å²) in [5.41, 5.74) is 4.00. The highest BCUT2D eigenvalue weighted by molar-refractivity contribution is 9.10. The number of amides is 2. The van der Waals surface area contributed by atoms with Gasteiger partial charge >= 0.3 is 0 Å². The normalized spacial score (nSPS) is 11.0. The van der Waals surface area contributed by atoms with Crippen molar-refractivity contribution >= 4 is 44.5 Å². The first-order valence-electron chi connectivity index (χ1n) is 9.91. The first-order valence-corrected chi connectivity index (χ1v) is 10.7. The number of carbonyl (C=O) groups excluding carboxylic acids is 2. The van der Waals surface area contributed by atoms with E-state index in [-0.39, 0.29) is 18.2 Å². The van der Waals surface area contributed by atoms with Crippen LogP contribution in [0.5, 0.6) is 0 Å². The predicted octanol–water partition coefficient (Wildman–Crippen LogP) is 4.85. The highest BCUT2D eigenvalue weighted by Gasteiger charge is 2.21. The minimum Gasteiger partial charge on any atom is -0.466 e. The summed E-state index contributed by atoms with van der Waals surface area (Å²) in [6, 6.07) is 9.05. The number of nitrogens with zero attached hydrogens (tertiary/aromatic N) is 2. The van der Waals surface area contributed by atoms with E-state index in [1.165, 1.54) is 0 Å². The number of halogens is 1.